The van der Waals surface area contributed by atoms with E-state index in [2.05, 4.69) is 41.4 Å². The van der Waals surface area contributed by atoms with Gasteiger partial charge >= 0.3 is 0 Å². The van der Waals surface area contributed by atoms with Crippen molar-refractivity contribution in [2.24, 2.45) is 7.05 Å². The molecular formula is C15H16N4OS. The SMILES string of the molecule is CC(C)c1ccc2nc(NC(=O)c3ccn(C)n3)sc2c1. The van der Waals surface area contributed by atoms with Crippen molar-refractivity contribution in [3.8, 4) is 0 Å². The Labute approximate surface area is 126 Å². The van der Waals surface area contributed by atoms with E-state index in [1.807, 2.05) is 6.07 Å². The molecule has 108 valence electrons. The Morgan fingerprint density at radius 1 is 1.33 bits per heavy atom. The number of hydrogen-bond donors (Lipinski definition) is 1. The second kappa shape index (κ2) is 5.29. The molecule has 0 aliphatic heterocycles. The third-order valence-electron chi connectivity index (χ3n) is 3.25. The van der Waals surface area contributed by atoms with E-state index >= 15 is 0 Å². The zero-order chi connectivity index (χ0) is 15.0. The Morgan fingerprint density at radius 2 is 2.14 bits per heavy atom. The summed E-state index contributed by atoms with van der Waals surface area (Å²) in [5.41, 5.74) is 2.56. The van der Waals surface area contributed by atoms with E-state index in [1.165, 1.54) is 16.9 Å². The van der Waals surface area contributed by atoms with Crippen molar-refractivity contribution < 1.29 is 4.79 Å². The number of aromatic nitrogens is 3. The molecule has 0 aliphatic rings. The molecule has 0 saturated carbocycles. The zero-order valence-electron chi connectivity index (χ0n) is 12.1. The predicted octanol–water partition coefficient (Wildman–Crippen LogP) is 3.41. The average Bonchev–Trinajstić information content (AvgIpc) is 3.03. The molecule has 1 amide bonds. The molecule has 5 nitrogen and oxygen atoms in total. The Morgan fingerprint density at radius 3 is 2.81 bits per heavy atom. The Kier molecular flexibility index (Phi) is 3.47. The molecule has 0 saturated heterocycles. The van der Waals surface area contributed by atoms with Crippen molar-refractivity contribution in [1.29, 1.82) is 0 Å². The van der Waals surface area contributed by atoms with Crippen LogP contribution < -0.4 is 5.32 Å². The Balaban J connectivity index is 1.86. The van der Waals surface area contributed by atoms with Gasteiger partial charge in [-0.05, 0) is 29.7 Å². The monoisotopic (exact) mass is 300 g/mol. The van der Waals surface area contributed by atoms with Gasteiger partial charge < -0.3 is 0 Å². The topological polar surface area (TPSA) is 59.8 Å². The normalized spacial score (nSPS) is 11.2. The van der Waals surface area contributed by atoms with Crippen LogP contribution in [-0.2, 0) is 7.05 Å². The number of carbonyl (C=O) groups excluding carboxylic acids is 1. The average molecular weight is 300 g/mol. The minimum atomic E-state index is -0.237. The van der Waals surface area contributed by atoms with Gasteiger partial charge in [0.25, 0.3) is 5.91 Å². The molecule has 0 atom stereocenters. The smallest absolute Gasteiger partial charge is 0.277 e. The van der Waals surface area contributed by atoms with Crippen molar-refractivity contribution in [3.63, 3.8) is 0 Å². The summed E-state index contributed by atoms with van der Waals surface area (Å²) in [6, 6.07) is 7.89. The van der Waals surface area contributed by atoms with Gasteiger partial charge in [0.1, 0.15) is 0 Å². The zero-order valence-corrected chi connectivity index (χ0v) is 12.9. The molecule has 0 fully saturated rings. The lowest BCUT2D eigenvalue weighted by Gasteiger charge is -2.03. The van der Waals surface area contributed by atoms with E-state index in [0.29, 0.717) is 16.7 Å². The van der Waals surface area contributed by atoms with Crippen molar-refractivity contribution in [2.45, 2.75) is 19.8 Å². The quantitative estimate of drug-likeness (QED) is 0.806. The summed E-state index contributed by atoms with van der Waals surface area (Å²) >= 11 is 1.48. The highest BCUT2D eigenvalue weighted by molar-refractivity contribution is 7.22. The summed E-state index contributed by atoms with van der Waals surface area (Å²) in [4.78, 5) is 16.5. The summed E-state index contributed by atoms with van der Waals surface area (Å²) in [5.74, 6) is 0.238. The number of carbonyl (C=O) groups is 1. The molecule has 1 N–H and O–H groups in total. The van der Waals surface area contributed by atoms with Gasteiger partial charge in [0.2, 0.25) is 0 Å². The van der Waals surface area contributed by atoms with Crippen LogP contribution in [0.4, 0.5) is 5.13 Å². The third-order valence-corrected chi connectivity index (χ3v) is 4.18. The van der Waals surface area contributed by atoms with Gasteiger partial charge in [0.05, 0.1) is 10.2 Å². The van der Waals surface area contributed by atoms with Gasteiger partial charge in [-0.3, -0.25) is 14.8 Å². The molecule has 0 aliphatic carbocycles. The van der Waals surface area contributed by atoms with Gasteiger partial charge in [-0.2, -0.15) is 5.10 Å². The van der Waals surface area contributed by atoms with Crippen molar-refractivity contribution in [1.82, 2.24) is 14.8 Å². The summed E-state index contributed by atoms with van der Waals surface area (Å²) in [7, 11) is 1.78. The minimum absolute atomic E-state index is 0.237. The summed E-state index contributed by atoms with van der Waals surface area (Å²) in [6.45, 7) is 4.32. The van der Waals surface area contributed by atoms with Gasteiger partial charge in [0, 0.05) is 13.2 Å². The first-order valence-corrected chi connectivity index (χ1v) is 7.56. The first-order chi connectivity index (χ1) is 10.0. The number of nitrogens with one attached hydrogen (secondary N) is 1. The van der Waals surface area contributed by atoms with Crippen molar-refractivity contribution in [3.05, 3.63) is 41.7 Å². The Bertz CT molecular complexity index is 803. The molecule has 3 rings (SSSR count). The number of benzene rings is 1. The number of amides is 1. The standard InChI is InChI=1S/C15H16N4OS/c1-9(2)10-4-5-11-13(8-10)21-15(16-11)17-14(20)12-6-7-19(3)18-12/h4-9H,1-3H3,(H,16,17,20). The molecule has 0 bridgehead atoms. The molecule has 0 radical (unpaired) electrons. The van der Waals surface area contributed by atoms with E-state index in [-0.39, 0.29) is 5.91 Å². The number of aryl methyl sites for hydroxylation is 1. The lowest BCUT2D eigenvalue weighted by molar-refractivity contribution is 0.102. The minimum Gasteiger partial charge on any atom is -0.296 e. The molecule has 21 heavy (non-hydrogen) atoms. The van der Waals surface area contributed by atoms with Crippen LogP contribution in [-0.4, -0.2) is 20.7 Å². The number of fused-ring (bicyclic) bond motifs is 1. The van der Waals surface area contributed by atoms with Crippen LogP contribution in [0.15, 0.2) is 30.5 Å². The van der Waals surface area contributed by atoms with E-state index < -0.39 is 0 Å². The highest BCUT2D eigenvalue weighted by Crippen LogP contribution is 2.29. The third kappa shape index (κ3) is 2.80. The van der Waals surface area contributed by atoms with Crippen LogP contribution in [0.1, 0.15) is 35.8 Å². The highest BCUT2D eigenvalue weighted by Gasteiger charge is 2.12. The molecule has 2 heterocycles. The fourth-order valence-corrected chi connectivity index (χ4v) is 2.96. The highest BCUT2D eigenvalue weighted by atomic mass is 32.1. The molecule has 3 aromatic rings. The fraction of sp³-hybridized carbons (Fsp3) is 0.267. The van der Waals surface area contributed by atoms with Crippen LogP contribution >= 0.6 is 11.3 Å². The first-order valence-electron chi connectivity index (χ1n) is 6.74. The van der Waals surface area contributed by atoms with E-state index in [4.69, 9.17) is 0 Å². The number of anilines is 1. The Hall–Kier alpha value is -2.21. The fourth-order valence-electron chi connectivity index (χ4n) is 2.05. The number of thiazole rings is 1. The maximum Gasteiger partial charge on any atom is 0.277 e. The van der Waals surface area contributed by atoms with E-state index in [9.17, 15) is 4.79 Å². The lowest BCUT2D eigenvalue weighted by atomic mass is 10.0. The van der Waals surface area contributed by atoms with Crippen LogP contribution in [0, 0.1) is 0 Å². The molecular weight excluding hydrogens is 284 g/mol. The number of hydrogen-bond acceptors (Lipinski definition) is 4. The maximum atomic E-state index is 12.1. The van der Waals surface area contributed by atoms with Crippen LogP contribution in [0.25, 0.3) is 10.2 Å². The number of rotatable bonds is 3. The molecule has 6 heteroatoms. The summed E-state index contributed by atoms with van der Waals surface area (Å²) < 4.78 is 2.68. The maximum absolute atomic E-state index is 12.1. The van der Waals surface area contributed by atoms with Crippen LogP contribution in [0.3, 0.4) is 0 Å². The van der Waals surface area contributed by atoms with Gasteiger partial charge in [-0.15, -0.1) is 0 Å². The number of nitrogens with zero attached hydrogens (tertiary/aromatic N) is 3. The second-order valence-electron chi connectivity index (χ2n) is 5.23. The van der Waals surface area contributed by atoms with E-state index in [0.717, 1.165) is 10.2 Å². The largest absolute Gasteiger partial charge is 0.296 e. The molecule has 1 aromatic carbocycles. The molecule has 0 unspecified atom stereocenters. The van der Waals surface area contributed by atoms with Crippen LogP contribution in [0.5, 0.6) is 0 Å². The first kappa shape index (κ1) is 13.8. The molecule has 0 spiro atoms. The van der Waals surface area contributed by atoms with Gasteiger partial charge in [-0.25, -0.2) is 4.98 Å². The molecule has 2 aromatic heterocycles. The van der Waals surface area contributed by atoms with Crippen molar-refractivity contribution >= 4 is 32.6 Å². The summed E-state index contributed by atoms with van der Waals surface area (Å²) in [6.07, 6.45) is 1.74. The van der Waals surface area contributed by atoms with Gasteiger partial charge in [-0.1, -0.05) is 31.3 Å². The predicted molar refractivity (Wildman–Crippen MR) is 84.9 cm³/mol. The summed E-state index contributed by atoms with van der Waals surface area (Å²) in [5, 5.41) is 7.48. The van der Waals surface area contributed by atoms with Gasteiger partial charge in [0.15, 0.2) is 10.8 Å². The second-order valence-corrected chi connectivity index (χ2v) is 6.26. The van der Waals surface area contributed by atoms with Crippen molar-refractivity contribution in [2.75, 3.05) is 5.32 Å². The van der Waals surface area contributed by atoms with Crippen LogP contribution in [0.2, 0.25) is 0 Å². The van der Waals surface area contributed by atoms with E-state index in [1.54, 1.807) is 24.0 Å². The lowest BCUT2D eigenvalue weighted by Crippen LogP contribution is -2.12.